The van der Waals surface area contributed by atoms with Crippen molar-refractivity contribution in [2.24, 2.45) is 0 Å². The minimum absolute atomic E-state index is 0.185. The summed E-state index contributed by atoms with van der Waals surface area (Å²) < 4.78 is 28.3. The molecule has 4 N–H and O–H groups in total. The van der Waals surface area contributed by atoms with Gasteiger partial charge in [-0.15, -0.1) is 0 Å². The van der Waals surface area contributed by atoms with Crippen molar-refractivity contribution in [1.29, 1.82) is 4.78 Å². The van der Waals surface area contributed by atoms with E-state index in [0.29, 0.717) is 4.90 Å². The molecule has 0 amide bonds. The van der Waals surface area contributed by atoms with Gasteiger partial charge in [-0.3, -0.25) is 4.98 Å². The van der Waals surface area contributed by atoms with Gasteiger partial charge >= 0.3 is 0 Å². The molecule has 142 valence electrons. The lowest BCUT2D eigenvalue weighted by Crippen LogP contribution is -2.34. The van der Waals surface area contributed by atoms with E-state index in [-0.39, 0.29) is 6.61 Å². The second-order valence-corrected chi connectivity index (χ2v) is 7.97. The van der Waals surface area contributed by atoms with Gasteiger partial charge in [0.25, 0.3) is 0 Å². The van der Waals surface area contributed by atoms with Crippen LogP contribution in [0.3, 0.4) is 0 Å². The van der Waals surface area contributed by atoms with Crippen LogP contribution in [0.25, 0.3) is 10.9 Å². The number of methoxy groups -OCH3 is 1. The van der Waals surface area contributed by atoms with E-state index in [4.69, 9.17) is 14.6 Å². The minimum atomic E-state index is -3.17. The number of aromatic nitrogens is 1. The predicted molar refractivity (Wildman–Crippen MR) is 107 cm³/mol. The van der Waals surface area contributed by atoms with E-state index >= 15 is 0 Å². The molecular formula is C19H22N4O3S. The summed E-state index contributed by atoms with van der Waals surface area (Å²) in [6.45, 7) is 1.49. The molecule has 0 spiro atoms. The highest BCUT2D eigenvalue weighted by molar-refractivity contribution is 7.90. The van der Waals surface area contributed by atoms with Crippen LogP contribution in [0.5, 0.6) is 5.75 Å². The number of pyridine rings is 1. The van der Waals surface area contributed by atoms with Gasteiger partial charge < -0.3 is 15.2 Å². The predicted octanol–water partition coefficient (Wildman–Crippen LogP) is 3.28. The molecule has 3 rings (SSSR count). The summed E-state index contributed by atoms with van der Waals surface area (Å²) in [5, 5.41) is 13.3. The smallest absolute Gasteiger partial charge is 0.134 e. The average molecular weight is 386 g/mol. The van der Waals surface area contributed by atoms with E-state index in [2.05, 4.69) is 15.0 Å². The SMILES string of the molecule is COc1ccc2c(Nc3ccc(S(=N)(=O)N[C@H](C)CO)cc3)ccnc2c1. The maximum Gasteiger partial charge on any atom is 0.134 e. The van der Waals surface area contributed by atoms with Gasteiger partial charge in [0.15, 0.2) is 0 Å². The third-order valence-corrected chi connectivity index (χ3v) is 5.73. The Bertz CT molecular complexity index is 1040. The Morgan fingerprint density at radius 2 is 1.96 bits per heavy atom. The fourth-order valence-corrected chi connectivity index (χ4v) is 3.93. The van der Waals surface area contributed by atoms with Crippen LogP contribution >= 0.6 is 0 Å². The van der Waals surface area contributed by atoms with Crippen molar-refractivity contribution < 1.29 is 14.1 Å². The highest BCUT2D eigenvalue weighted by atomic mass is 32.2. The highest BCUT2D eigenvalue weighted by Gasteiger charge is 2.13. The number of rotatable bonds is 7. The van der Waals surface area contributed by atoms with Crippen molar-refractivity contribution in [2.75, 3.05) is 19.0 Å². The molecule has 2 atom stereocenters. The number of benzene rings is 2. The van der Waals surface area contributed by atoms with Crippen molar-refractivity contribution in [3.05, 3.63) is 54.7 Å². The van der Waals surface area contributed by atoms with Gasteiger partial charge in [-0.1, -0.05) is 0 Å². The Labute approximate surface area is 158 Å². The van der Waals surface area contributed by atoms with Crippen molar-refractivity contribution in [1.82, 2.24) is 9.71 Å². The number of hydrogen-bond donors (Lipinski definition) is 4. The Morgan fingerprint density at radius 3 is 2.63 bits per heavy atom. The first kappa shape index (κ1) is 19.1. The molecule has 0 aliphatic carbocycles. The van der Waals surface area contributed by atoms with Gasteiger partial charge in [0, 0.05) is 35.1 Å². The van der Waals surface area contributed by atoms with Crippen molar-refractivity contribution in [2.45, 2.75) is 17.9 Å². The van der Waals surface area contributed by atoms with E-state index in [1.807, 2.05) is 24.3 Å². The van der Waals surface area contributed by atoms with E-state index < -0.39 is 16.0 Å². The summed E-state index contributed by atoms with van der Waals surface area (Å²) in [7, 11) is -1.55. The monoisotopic (exact) mass is 386 g/mol. The molecule has 0 aliphatic rings. The lowest BCUT2D eigenvalue weighted by molar-refractivity contribution is 0.266. The Kier molecular flexibility index (Phi) is 5.59. The van der Waals surface area contributed by atoms with Crippen LogP contribution in [0.2, 0.25) is 0 Å². The molecule has 0 fully saturated rings. The minimum Gasteiger partial charge on any atom is -0.497 e. The van der Waals surface area contributed by atoms with Crippen LogP contribution in [-0.4, -0.2) is 34.1 Å². The number of anilines is 2. The number of ether oxygens (including phenoxy) is 1. The molecule has 0 saturated heterocycles. The van der Waals surface area contributed by atoms with E-state index in [1.165, 1.54) is 0 Å². The zero-order valence-corrected chi connectivity index (χ0v) is 15.9. The zero-order chi connectivity index (χ0) is 19.4. The van der Waals surface area contributed by atoms with Crippen LogP contribution in [0.1, 0.15) is 6.92 Å². The van der Waals surface area contributed by atoms with Crippen LogP contribution in [-0.2, 0) is 9.92 Å². The van der Waals surface area contributed by atoms with Crippen molar-refractivity contribution in [3.63, 3.8) is 0 Å². The highest BCUT2D eigenvalue weighted by Crippen LogP contribution is 2.28. The van der Waals surface area contributed by atoms with Crippen LogP contribution in [0.15, 0.2) is 59.6 Å². The van der Waals surface area contributed by atoms with Crippen LogP contribution < -0.4 is 14.8 Å². The number of nitrogens with zero attached hydrogens (tertiary/aromatic N) is 1. The molecule has 2 aromatic carbocycles. The summed E-state index contributed by atoms with van der Waals surface area (Å²) in [6, 6.07) is 14.0. The first-order valence-electron chi connectivity index (χ1n) is 8.40. The number of aliphatic hydroxyl groups is 1. The third kappa shape index (κ3) is 4.36. The summed E-state index contributed by atoms with van der Waals surface area (Å²) in [6.07, 6.45) is 1.72. The fourth-order valence-electron chi connectivity index (χ4n) is 2.64. The summed E-state index contributed by atoms with van der Waals surface area (Å²) in [4.78, 5) is 4.72. The maximum absolute atomic E-state index is 12.5. The number of hydrogen-bond acceptors (Lipinski definition) is 6. The molecule has 1 heterocycles. The van der Waals surface area contributed by atoms with Crippen molar-refractivity contribution >= 4 is 32.2 Å². The lowest BCUT2D eigenvalue weighted by Gasteiger charge is -2.15. The first-order chi connectivity index (χ1) is 12.9. The molecule has 8 heteroatoms. The lowest BCUT2D eigenvalue weighted by atomic mass is 10.1. The normalized spacial score (nSPS) is 14.5. The third-order valence-electron chi connectivity index (χ3n) is 4.06. The van der Waals surface area contributed by atoms with Gasteiger partial charge in [0.05, 0.1) is 24.1 Å². The molecule has 1 unspecified atom stereocenters. The van der Waals surface area contributed by atoms with Gasteiger partial charge in [0.1, 0.15) is 15.7 Å². The molecule has 0 bridgehead atoms. The number of nitrogens with one attached hydrogen (secondary N) is 3. The molecule has 0 saturated carbocycles. The van der Waals surface area contributed by atoms with Crippen LogP contribution in [0, 0.1) is 4.78 Å². The number of fused-ring (bicyclic) bond motifs is 1. The van der Waals surface area contributed by atoms with Crippen molar-refractivity contribution in [3.8, 4) is 5.75 Å². The second kappa shape index (κ2) is 7.91. The first-order valence-corrected chi connectivity index (χ1v) is 9.95. The maximum atomic E-state index is 12.5. The summed E-state index contributed by atoms with van der Waals surface area (Å²) in [5.41, 5.74) is 2.49. The van der Waals surface area contributed by atoms with Crippen LogP contribution in [0.4, 0.5) is 11.4 Å². The number of aliphatic hydroxyl groups excluding tert-OH is 1. The van der Waals surface area contributed by atoms with E-state index in [0.717, 1.165) is 28.0 Å². The molecule has 3 aromatic rings. The van der Waals surface area contributed by atoms with Gasteiger partial charge in [-0.25, -0.2) is 13.7 Å². The average Bonchev–Trinajstić information content (AvgIpc) is 2.67. The summed E-state index contributed by atoms with van der Waals surface area (Å²) >= 11 is 0. The Balaban J connectivity index is 1.84. The molecule has 7 nitrogen and oxygen atoms in total. The van der Waals surface area contributed by atoms with Gasteiger partial charge in [-0.2, -0.15) is 0 Å². The molecular weight excluding hydrogens is 364 g/mol. The Morgan fingerprint density at radius 1 is 1.22 bits per heavy atom. The second-order valence-electron chi connectivity index (χ2n) is 6.15. The molecule has 27 heavy (non-hydrogen) atoms. The summed E-state index contributed by atoms with van der Waals surface area (Å²) in [5.74, 6) is 0.742. The molecule has 1 aromatic heterocycles. The van der Waals surface area contributed by atoms with Gasteiger partial charge in [0.2, 0.25) is 0 Å². The van der Waals surface area contributed by atoms with E-state index in [1.54, 1.807) is 44.5 Å². The standard InChI is InChI=1S/C19H22N4O3S/c1-13(12-24)23-27(20,25)16-6-3-14(4-7-16)22-18-9-10-21-19-11-15(26-2)5-8-17(18)19/h3-11,13,24H,12H2,1-2H3,(H,21,22)(H2,20,23,25)/t13-,27?/m1/s1. The molecule has 0 aliphatic heterocycles. The molecule has 0 radical (unpaired) electrons. The largest absolute Gasteiger partial charge is 0.497 e. The Hall–Kier alpha value is -2.68. The zero-order valence-electron chi connectivity index (χ0n) is 15.1. The van der Waals surface area contributed by atoms with E-state index in [9.17, 15) is 4.21 Å². The quantitative estimate of drug-likeness (QED) is 0.498. The van der Waals surface area contributed by atoms with Gasteiger partial charge in [-0.05, 0) is 49.4 Å². The fraction of sp³-hybridized carbons (Fsp3) is 0.211. The topological polar surface area (TPSA) is 107 Å².